The number of ether oxygens (including phenoxy) is 1. The van der Waals surface area contributed by atoms with Crippen LogP contribution in [-0.2, 0) is 4.74 Å². The summed E-state index contributed by atoms with van der Waals surface area (Å²) in [4.78, 5) is 0. The van der Waals surface area contributed by atoms with Gasteiger partial charge < -0.3 is 4.74 Å². The van der Waals surface area contributed by atoms with Crippen LogP contribution in [0, 0.1) is 5.92 Å². The second-order valence-corrected chi connectivity index (χ2v) is 5.20. The molecule has 1 rings (SSSR count). The second kappa shape index (κ2) is 6.58. The minimum atomic E-state index is -0.119. The SMILES string of the molecule is CCOC(C)(CC)C(CC1CCCC1)NN. The topological polar surface area (TPSA) is 47.3 Å². The van der Waals surface area contributed by atoms with Crippen molar-refractivity contribution < 1.29 is 4.74 Å². The lowest BCUT2D eigenvalue weighted by atomic mass is 9.86. The van der Waals surface area contributed by atoms with Crippen molar-refractivity contribution in [1.29, 1.82) is 0 Å². The third-order valence-electron chi connectivity index (χ3n) is 4.16. The predicted molar refractivity (Wildman–Crippen MR) is 68.0 cm³/mol. The van der Waals surface area contributed by atoms with Crippen LogP contribution in [0.3, 0.4) is 0 Å². The lowest BCUT2D eigenvalue weighted by Crippen LogP contribution is -2.53. The fourth-order valence-electron chi connectivity index (χ4n) is 2.85. The monoisotopic (exact) mass is 228 g/mol. The summed E-state index contributed by atoms with van der Waals surface area (Å²) in [5.41, 5.74) is 2.86. The van der Waals surface area contributed by atoms with Crippen molar-refractivity contribution in [2.45, 2.75) is 70.9 Å². The van der Waals surface area contributed by atoms with Crippen LogP contribution in [-0.4, -0.2) is 18.2 Å². The number of hydrogen-bond acceptors (Lipinski definition) is 3. The molecule has 0 radical (unpaired) electrons. The zero-order valence-corrected chi connectivity index (χ0v) is 11.1. The lowest BCUT2D eigenvalue weighted by molar-refractivity contribution is -0.0602. The first kappa shape index (κ1) is 13.9. The molecule has 2 unspecified atom stereocenters. The maximum absolute atomic E-state index is 5.90. The standard InChI is InChI=1S/C13H28N2O/c1-4-13(3,16-5-2)12(15-14)10-11-8-6-7-9-11/h11-12,15H,4-10,14H2,1-3H3. The number of nitrogens with one attached hydrogen (secondary N) is 1. The van der Waals surface area contributed by atoms with E-state index < -0.39 is 0 Å². The van der Waals surface area contributed by atoms with Crippen LogP contribution in [0.4, 0.5) is 0 Å². The van der Waals surface area contributed by atoms with Crippen LogP contribution in [0.25, 0.3) is 0 Å². The van der Waals surface area contributed by atoms with E-state index in [0.717, 1.165) is 25.4 Å². The average molecular weight is 228 g/mol. The molecule has 0 bridgehead atoms. The highest BCUT2D eigenvalue weighted by molar-refractivity contribution is 4.89. The van der Waals surface area contributed by atoms with E-state index in [1.54, 1.807) is 0 Å². The molecule has 1 aliphatic rings. The van der Waals surface area contributed by atoms with Crippen molar-refractivity contribution in [3.8, 4) is 0 Å². The van der Waals surface area contributed by atoms with Crippen LogP contribution < -0.4 is 11.3 Å². The molecule has 96 valence electrons. The molecule has 0 aliphatic heterocycles. The van der Waals surface area contributed by atoms with Crippen molar-refractivity contribution in [2.75, 3.05) is 6.61 Å². The molecule has 0 spiro atoms. The first-order valence-corrected chi connectivity index (χ1v) is 6.76. The van der Waals surface area contributed by atoms with Gasteiger partial charge in [-0.2, -0.15) is 0 Å². The Bertz CT molecular complexity index is 192. The molecule has 3 N–H and O–H groups in total. The molecule has 1 aliphatic carbocycles. The maximum atomic E-state index is 5.90. The number of nitrogens with two attached hydrogens (primary N) is 1. The summed E-state index contributed by atoms with van der Waals surface area (Å²) < 4.78 is 5.90. The highest BCUT2D eigenvalue weighted by Crippen LogP contribution is 2.32. The summed E-state index contributed by atoms with van der Waals surface area (Å²) in [6.45, 7) is 7.16. The van der Waals surface area contributed by atoms with E-state index in [2.05, 4.69) is 26.2 Å². The van der Waals surface area contributed by atoms with Gasteiger partial charge in [0.1, 0.15) is 0 Å². The van der Waals surface area contributed by atoms with Gasteiger partial charge in [-0.25, -0.2) is 0 Å². The van der Waals surface area contributed by atoms with Crippen LogP contribution in [0.5, 0.6) is 0 Å². The smallest absolute Gasteiger partial charge is 0.0817 e. The molecular weight excluding hydrogens is 200 g/mol. The molecule has 16 heavy (non-hydrogen) atoms. The number of hydrazine groups is 1. The third kappa shape index (κ3) is 3.44. The first-order chi connectivity index (χ1) is 7.66. The van der Waals surface area contributed by atoms with E-state index in [1.807, 2.05) is 0 Å². The van der Waals surface area contributed by atoms with E-state index in [-0.39, 0.29) is 11.6 Å². The van der Waals surface area contributed by atoms with Gasteiger partial charge >= 0.3 is 0 Å². The van der Waals surface area contributed by atoms with Crippen molar-refractivity contribution in [2.24, 2.45) is 11.8 Å². The fourth-order valence-corrected chi connectivity index (χ4v) is 2.85. The van der Waals surface area contributed by atoms with Crippen LogP contribution in [0.1, 0.15) is 59.3 Å². The largest absolute Gasteiger partial charge is 0.374 e. The first-order valence-electron chi connectivity index (χ1n) is 6.76. The maximum Gasteiger partial charge on any atom is 0.0817 e. The van der Waals surface area contributed by atoms with Gasteiger partial charge in [-0.1, -0.05) is 32.6 Å². The van der Waals surface area contributed by atoms with Crippen LogP contribution >= 0.6 is 0 Å². The Kier molecular flexibility index (Phi) is 5.73. The van der Waals surface area contributed by atoms with E-state index in [9.17, 15) is 0 Å². The average Bonchev–Trinajstić information content (AvgIpc) is 2.78. The molecule has 1 fully saturated rings. The molecule has 0 aromatic rings. The Morgan fingerprint density at radius 1 is 1.38 bits per heavy atom. The molecule has 0 amide bonds. The van der Waals surface area contributed by atoms with E-state index in [4.69, 9.17) is 10.6 Å². The van der Waals surface area contributed by atoms with Crippen LogP contribution in [0.2, 0.25) is 0 Å². The fraction of sp³-hybridized carbons (Fsp3) is 1.00. The molecule has 3 nitrogen and oxygen atoms in total. The Morgan fingerprint density at radius 2 is 2.00 bits per heavy atom. The minimum absolute atomic E-state index is 0.119. The van der Waals surface area contributed by atoms with Gasteiger partial charge in [-0.15, -0.1) is 0 Å². The Labute approximate surface area is 100 Å². The zero-order chi connectivity index (χ0) is 12.0. The van der Waals surface area contributed by atoms with E-state index in [1.165, 1.54) is 25.7 Å². The van der Waals surface area contributed by atoms with Gasteiger partial charge in [0.05, 0.1) is 11.6 Å². The van der Waals surface area contributed by atoms with E-state index >= 15 is 0 Å². The minimum Gasteiger partial charge on any atom is -0.374 e. The summed E-state index contributed by atoms with van der Waals surface area (Å²) in [5.74, 6) is 6.55. The van der Waals surface area contributed by atoms with Gasteiger partial charge in [-0.05, 0) is 32.6 Å². The van der Waals surface area contributed by atoms with Gasteiger partial charge in [-0.3, -0.25) is 11.3 Å². The van der Waals surface area contributed by atoms with Crippen molar-refractivity contribution >= 4 is 0 Å². The molecule has 0 aromatic carbocycles. The summed E-state index contributed by atoms with van der Waals surface area (Å²) in [6, 6.07) is 0.278. The normalized spacial score (nSPS) is 23.2. The van der Waals surface area contributed by atoms with E-state index in [0.29, 0.717) is 0 Å². The third-order valence-corrected chi connectivity index (χ3v) is 4.16. The summed E-state index contributed by atoms with van der Waals surface area (Å²) in [7, 11) is 0. The molecule has 3 heteroatoms. The Balaban J connectivity index is 2.55. The molecule has 0 heterocycles. The molecule has 0 saturated heterocycles. The van der Waals surface area contributed by atoms with Crippen molar-refractivity contribution in [1.82, 2.24) is 5.43 Å². The second-order valence-electron chi connectivity index (χ2n) is 5.20. The molecule has 2 atom stereocenters. The Morgan fingerprint density at radius 3 is 2.44 bits per heavy atom. The summed E-state index contributed by atoms with van der Waals surface area (Å²) in [5, 5.41) is 0. The van der Waals surface area contributed by atoms with Gasteiger partial charge in [0, 0.05) is 6.61 Å². The summed E-state index contributed by atoms with van der Waals surface area (Å²) in [6.07, 6.45) is 7.66. The molecule has 1 saturated carbocycles. The van der Waals surface area contributed by atoms with Crippen molar-refractivity contribution in [3.63, 3.8) is 0 Å². The zero-order valence-electron chi connectivity index (χ0n) is 11.1. The summed E-state index contributed by atoms with van der Waals surface area (Å²) >= 11 is 0. The lowest BCUT2D eigenvalue weighted by Gasteiger charge is -2.37. The van der Waals surface area contributed by atoms with Crippen molar-refractivity contribution in [3.05, 3.63) is 0 Å². The quantitative estimate of drug-likeness (QED) is 0.520. The number of hydrogen-bond donors (Lipinski definition) is 2. The van der Waals surface area contributed by atoms with Gasteiger partial charge in [0.25, 0.3) is 0 Å². The predicted octanol–water partition coefficient (Wildman–Crippen LogP) is 2.60. The van der Waals surface area contributed by atoms with Gasteiger partial charge in [0.15, 0.2) is 0 Å². The Hall–Kier alpha value is -0.120. The highest BCUT2D eigenvalue weighted by Gasteiger charge is 2.34. The molecular formula is C13H28N2O. The van der Waals surface area contributed by atoms with Crippen LogP contribution in [0.15, 0.2) is 0 Å². The molecule has 0 aromatic heterocycles. The number of rotatable bonds is 7. The van der Waals surface area contributed by atoms with Gasteiger partial charge in [0.2, 0.25) is 0 Å². The highest BCUT2D eigenvalue weighted by atomic mass is 16.5.